The monoisotopic (exact) mass is 416 g/mol. The number of nitrogens with two attached hydrogens (primary N) is 1. The Kier molecular flexibility index (Phi) is 4.73. The molecule has 0 heterocycles. The Balaban J connectivity index is 2.32. The molecule has 2 aromatic carbocycles. The van der Waals surface area contributed by atoms with E-state index in [1.54, 1.807) is 24.3 Å². The Morgan fingerprint density at radius 1 is 1.25 bits per heavy atom. The lowest BCUT2D eigenvalue weighted by atomic mass is 10.1. The maximum Gasteiger partial charge on any atom is 0.257 e. The molecular formula is C14H11Br2ClN2O. The third-order valence-electron chi connectivity index (χ3n) is 2.76. The maximum absolute atomic E-state index is 12.3. The number of benzene rings is 2. The average molecular weight is 419 g/mol. The zero-order valence-electron chi connectivity index (χ0n) is 10.5. The van der Waals surface area contributed by atoms with E-state index in [0.29, 0.717) is 22.0 Å². The number of nitrogen functional groups attached to an aromatic ring is 1. The third kappa shape index (κ3) is 3.34. The van der Waals surface area contributed by atoms with E-state index in [4.69, 9.17) is 17.3 Å². The van der Waals surface area contributed by atoms with Crippen LogP contribution in [0.3, 0.4) is 0 Å². The van der Waals surface area contributed by atoms with Crippen molar-refractivity contribution in [3.63, 3.8) is 0 Å². The van der Waals surface area contributed by atoms with E-state index < -0.39 is 0 Å². The smallest absolute Gasteiger partial charge is 0.257 e. The number of rotatable bonds is 2. The number of carbonyl (C=O) groups is 1. The molecule has 0 radical (unpaired) electrons. The predicted octanol–water partition coefficient (Wildman–Crippen LogP) is 5.01. The minimum Gasteiger partial charge on any atom is -0.398 e. The molecule has 0 aromatic heterocycles. The average Bonchev–Trinajstić information content (AvgIpc) is 2.38. The second-order valence-corrected chi connectivity index (χ2v) is 6.44. The highest BCUT2D eigenvalue weighted by atomic mass is 79.9. The number of hydrogen-bond acceptors (Lipinski definition) is 2. The Labute approximate surface area is 138 Å². The highest BCUT2D eigenvalue weighted by molar-refractivity contribution is 9.10. The molecule has 2 aromatic rings. The zero-order valence-corrected chi connectivity index (χ0v) is 14.4. The highest BCUT2D eigenvalue weighted by Crippen LogP contribution is 2.30. The van der Waals surface area contributed by atoms with Crippen LogP contribution in [-0.2, 0) is 0 Å². The van der Waals surface area contributed by atoms with Gasteiger partial charge in [0.1, 0.15) is 0 Å². The highest BCUT2D eigenvalue weighted by Gasteiger charge is 2.13. The van der Waals surface area contributed by atoms with Crippen molar-refractivity contribution in [3.8, 4) is 0 Å². The number of carbonyl (C=O) groups excluding carboxylic acids is 1. The molecule has 1 amide bonds. The lowest BCUT2D eigenvalue weighted by Crippen LogP contribution is -2.14. The predicted molar refractivity (Wildman–Crippen MR) is 90.4 cm³/mol. The normalized spacial score (nSPS) is 10.4. The first-order valence-electron chi connectivity index (χ1n) is 5.70. The number of hydrogen-bond donors (Lipinski definition) is 2. The van der Waals surface area contributed by atoms with E-state index in [1.165, 1.54) is 0 Å². The molecule has 104 valence electrons. The number of aryl methyl sites for hydroxylation is 1. The van der Waals surface area contributed by atoms with Crippen molar-refractivity contribution in [2.75, 3.05) is 11.1 Å². The van der Waals surface area contributed by atoms with Gasteiger partial charge in [-0.25, -0.2) is 0 Å². The van der Waals surface area contributed by atoms with Crippen LogP contribution < -0.4 is 11.1 Å². The first-order valence-corrected chi connectivity index (χ1v) is 7.67. The van der Waals surface area contributed by atoms with E-state index in [2.05, 4.69) is 37.2 Å². The molecular weight excluding hydrogens is 407 g/mol. The van der Waals surface area contributed by atoms with Crippen LogP contribution in [0.5, 0.6) is 0 Å². The molecule has 0 atom stereocenters. The number of anilines is 2. The first kappa shape index (κ1) is 15.4. The van der Waals surface area contributed by atoms with Crippen molar-refractivity contribution in [2.45, 2.75) is 6.92 Å². The van der Waals surface area contributed by atoms with Crippen molar-refractivity contribution in [1.82, 2.24) is 0 Å². The Hall–Kier alpha value is -1.04. The first-order chi connectivity index (χ1) is 9.38. The number of nitrogens with one attached hydrogen (secondary N) is 1. The van der Waals surface area contributed by atoms with Gasteiger partial charge in [-0.05, 0) is 58.7 Å². The zero-order chi connectivity index (χ0) is 14.9. The standard InChI is InChI=1S/C14H11Br2ClN2O/c1-7-4-10(16)13(6-11(7)17)19-14(20)9-5-8(15)2-3-12(9)18/h2-6H,18H2,1H3,(H,19,20). The van der Waals surface area contributed by atoms with Crippen molar-refractivity contribution >= 4 is 60.7 Å². The van der Waals surface area contributed by atoms with Gasteiger partial charge in [0.25, 0.3) is 5.91 Å². The van der Waals surface area contributed by atoms with Crippen molar-refractivity contribution in [3.05, 3.63) is 55.4 Å². The summed E-state index contributed by atoms with van der Waals surface area (Å²) in [7, 11) is 0. The molecule has 3 nitrogen and oxygen atoms in total. The van der Waals surface area contributed by atoms with Gasteiger partial charge in [0.15, 0.2) is 0 Å². The van der Waals surface area contributed by atoms with Crippen LogP contribution in [0.15, 0.2) is 39.3 Å². The van der Waals surface area contributed by atoms with Crippen LogP contribution in [0.2, 0.25) is 5.02 Å². The summed E-state index contributed by atoms with van der Waals surface area (Å²) < 4.78 is 1.55. The van der Waals surface area contributed by atoms with Gasteiger partial charge in [0.2, 0.25) is 0 Å². The van der Waals surface area contributed by atoms with Gasteiger partial charge in [-0.2, -0.15) is 0 Å². The van der Waals surface area contributed by atoms with Crippen LogP contribution in [0, 0.1) is 6.92 Å². The molecule has 2 rings (SSSR count). The molecule has 0 aliphatic heterocycles. The van der Waals surface area contributed by atoms with Gasteiger partial charge < -0.3 is 11.1 Å². The molecule has 0 bridgehead atoms. The summed E-state index contributed by atoms with van der Waals surface area (Å²) in [5.41, 5.74) is 8.17. The summed E-state index contributed by atoms with van der Waals surface area (Å²) >= 11 is 12.8. The van der Waals surface area contributed by atoms with Crippen LogP contribution >= 0.6 is 43.5 Å². The number of halogens is 3. The summed E-state index contributed by atoms with van der Waals surface area (Å²) in [6.45, 7) is 1.89. The Bertz CT molecular complexity index is 689. The van der Waals surface area contributed by atoms with Gasteiger partial charge in [-0.15, -0.1) is 0 Å². The van der Waals surface area contributed by atoms with E-state index in [9.17, 15) is 4.79 Å². The molecule has 0 aliphatic rings. The van der Waals surface area contributed by atoms with Gasteiger partial charge in [-0.3, -0.25) is 4.79 Å². The van der Waals surface area contributed by atoms with E-state index in [0.717, 1.165) is 14.5 Å². The summed E-state index contributed by atoms with van der Waals surface area (Å²) in [6.07, 6.45) is 0. The van der Waals surface area contributed by atoms with Crippen molar-refractivity contribution in [1.29, 1.82) is 0 Å². The molecule has 0 saturated heterocycles. The fourth-order valence-electron chi connectivity index (χ4n) is 1.66. The maximum atomic E-state index is 12.3. The summed E-state index contributed by atoms with van der Waals surface area (Å²) in [4.78, 5) is 12.3. The van der Waals surface area contributed by atoms with Gasteiger partial charge in [0.05, 0.1) is 11.3 Å². The Morgan fingerprint density at radius 2 is 1.95 bits per heavy atom. The quantitative estimate of drug-likeness (QED) is 0.674. The van der Waals surface area contributed by atoms with E-state index in [-0.39, 0.29) is 5.91 Å². The van der Waals surface area contributed by atoms with Crippen LogP contribution in [-0.4, -0.2) is 5.91 Å². The van der Waals surface area contributed by atoms with Crippen LogP contribution in [0.25, 0.3) is 0 Å². The SMILES string of the molecule is Cc1cc(Br)c(NC(=O)c2cc(Br)ccc2N)cc1Cl. The fraction of sp³-hybridized carbons (Fsp3) is 0.0714. The largest absolute Gasteiger partial charge is 0.398 e. The molecule has 20 heavy (non-hydrogen) atoms. The van der Waals surface area contributed by atoms with Crippen LogP contribution in [0.4, 0.5) is 11.4 Å². The van der Waals surface area contributed by atoms with Gasteiger partial charge >= 0.3 is 0 Å². The minimum absolute atomic E-state index is 0.288. The van der Waals surface area contributed by atoms with Crippen molar-refractivity contribution < 1.29 is 4.79 Å². The summed E-state index contributed by atoms with van der Waals surface area (Å²) in [5, 5.41) is 3.38. The summed E-state index contributed by atoms with van der Waals surface area (Å²) in [5.74, 6) is -0.288. The second kappa shape index (κ2) is 6.16. The topological polar surface area (TPSA) is 55.1 Å². The molecule has 0 unspecified atom stereocenters. The van der Waals surface area contributed by atoms with Crippen molar-refractivity contribution in [2.24, 2.45) is 0 Å². The number of amides is 1. The molecule has 0 spiro atoms. The Morgan fingerprint density at radius 3 is 2.65 bits per heavy atom. The lowest BCUT2D eigenvalue weighted by Gasteiger charge is -2.11. The van der Waals surface area contributed by atoms with Crippen LogP contribution in [0.1, 0.15) is 15.9 Å². The molecule has 3 N–H and O–H groups in total. The van der Waals surface area contributed by atoms with Gasteiger partial charge in [-0.1, -0.05) is 27.5 Å². The van der Waals surface area contributed by atoms with E-state index in [1.807, 2.05) is 13.0 Å². The van der Waals surface area contributed by atoms with E-state index >= 15 is 0 Å². The molecule has 6 heteroatoms. The lowest BCUT2D eigenvalue weighted by molar-refractivity contribution is 0.102. The summed E-state index contributed by atoms with van der Waals surface area (Å²) in [6, 6.07) is 8.69. The molecule has 0 saturated carbocycles. The minimum atomic E-state index is -0.288. The van der Waals surface area contributed by atoms with Gasteiger partial charge in [0, 0.05) is 19.7 Å². The fourth-order valence-corrected chi connectivity index (χ4v) is 2.74. The molecule has 0 fully saturated rings. The molecule has 0 aliphatic carbocycles. The third-order valence-corrected chi connectivity index (χ3v) is 4.31. The second-order valence-electron chi connectivity index (χ2n) is 4.27.